The van der Waals surface area contributed by atoms with E-state index in [4.69, 9.17) is 4.42 Å². The number of hydrogen-bond donors (Lipinski definition) is 1. The van der Waals surface area contributed by atoms with Crippen molar-refractivity contribution in [2.24, 2.45) is 0 Å². The minimum atomic E-state index is -0.685. The van der Waals surface area contributed by atoms with E-state index >= 15 is 0 Å². The number of carbonyl (C=O) groups is 1. The highest BCUT2D eigenvalue weighted by Gasteiger charge is 2.13. The van der Waals surface area contributed by atoms with Crippen LogP contribution in [0.2, 0.25) is 0 Å². The number of nitrogens with one attached hydrogen (secondary N) is 1. The lowest BCUT2D eigenvalue weighted by Gasteiger charge is -2.05. The minimum Gasteiger partial charge on any atom is -0.422 e. The zero-order chi connectivity index (χ0) is 15.5. The number of benzene rings is 2. The monoisotopic (exact) mass is 297 g/mol. The van der Waals surface area contributed by atoms with Crippen LogP contribution in [-0.4, -0.2) is 5.91 Å². The van der Waals surface area contributed by atoms with E-state index < -0.39 is 11.5 Å². The Labute approximate surface area is 125 Å². The Balaban J connectivity index is 1.81. The molecular weight excluding hydrogens is 285 g/mol. The fourth-order valence-electron chi connectivity index (χ4n) is 2.10. The van der Waals surface area contributed by atoms with Crippen LogP contribution >= 0.6 is 0 Å². The summed E-state index contributed by atoms with van der Waals surface area (Å²) in [6.45, 7) is 0.200. The summed E-state index contributed by atoms with van der Waals surface area (Å²) in [6.07, 6.45) is 0. The summed E-state index contributed by atoms with van der Waals surface area (Å²) in [6, 6.07) is 14.2. The molecule has 0 spiro atoms. The lowest BCUT2D eigenvalue weighted by molar-refractivity contribution is 0.0947. The molecule has 0 saturated heterocycles. The van der Waals surface area contributed by atoms with Gasteiger partial charge in [0.1, 0.15) is 17.0 Å². The molecule has 1 N–H and O–H groups in total. The largest absolute Gasteiger partial charge is 0.422 e. The van der Waals surface area contributed by atoms with Crippen molar-refractivity contribution in [1.29, 1.82) is 0 Å². The predicted molar refractivity (Wildman–Crippen MR) is 80.1 cm³/mol. The van der Waals surface area contributed by atoms with Crippen LogP contribution < -0.4 is 10.9 Å². The molecule has 3 aromatic rings. The predicted octanol–water partition coefficient (Wildman–Crippen LogP) is 2.86. The van der Waals surface area contributed by atoms with E-state index in [2.05, 4.69) is 5.32 Å². The zero-order valence-corrected chi connectivity index (χ0v) is 11.5. The van der Waals surface area contributed by atoms with Gasteiger partial charge in [0.25, 0.3) is 5.91 Å². The van der Waals surface area contributed by atoms with Gasteiger partial charge in [-0.2, -0.15) is 0 Å². The average molecular weight is 297 g/mol. The first-order chi connectivity index (χ1) is 10.6. The third-order valence-electron chi connectivity index (χ3n) is 3.25. The lowest BCUT2D eigenvalue weighted by Crippen LogP contribution is -2.27. The van der Waals surface area contributed by atoms with Gasteiger partial charge in [0.2, 0.25) is 0 Å². The molecule has 0 atom stereocenters. The molecular formula is C17H12FNO3. The summed E-state index contributed by atoms with van der Waals surface area (Å²) in [5, 5.41) is 3.29. The van der Waals surface area contributed by atoms with Gasteiger partial charge in [0, 0.05) is 11.9 Å². The summed E-state index contributed by atoms with van der Waals surface area (Å²) in [7, 11) is 0. The van der Waals surface area contributed by atoms with Gasteiger partial charge in [-0.3, -0.25) is 4.79 Å². The van der Waals surface area contributed by atoms with Gasteiger partial charge < -0.3 is 9.73 Å². The molecule has 0 aliphatic heterocycles. The van der Waals surface area contributed by atoms with E-state index in [1.54, 1.807) is 36.4 Å². The molecule has 0 aliphatic carbocycles. The molecule has 0 aliphatic rings. The van der Waals surface area contributed by atoms with Crippen molar-refractivity contribution < 1.29 is 13.6 Å². The second-order valence-electron chi connectivity index (χ2n) is 4.79. The van der Waals surface area contributed by atoms with Crippen molar-refractivity contribution in [2.75, 3.05) is 0 Å². The smallest absolute Gasteiger partial charge is 0.349 e. The molecule has 0 unspecified atom stereocenters. The van der Waals surface area contributed by atoms with Gasteiger partial charge in [-0.15, -0.1) is 0 Å². The third-order valence-corrected chi connectivity index (χ3v) is 3.25. The van der Waals surface area contributed by atoms with Crippen LogP contribution in [0.5, 0.6) is 0 Å². The van der Waals surface area contributed by atoms with Crippen LogP contribution in [0.3, 0.4) is 0 Å². The summed E-state index contributed by atoms with van der Waals surface area (Å²) in [5.41, 5.74) is 0.429. The molecule has 0 fully saturated rings. The normalized spacial score (nSPS) is 10.6. The van der Waals surface area contributed by atoms with Crippen molar-refractivity contribution >= 4 is 16.9 Å². The van der Waals surface area contributed by atoms with E-state index in [1.807, 2.05) is 0 Å². The van der Waals surface area contributed by atoms with Crippen LogP contribution in [0.15, 0.2) is 63.8 Å². The second-order valence-corrected chi connectivity index (χ2v) is 4.79. The number of amides is 1. The Bertz CT molecular complexity index is 884. The fraction of sp³-hybridized carbons (Fsp3) is 0.0588. The van der Waals surface area contributed by atoms with Crippen molar-refractivity contribution in [1.82, 2.24) is 5.32 Å². The van der Waals surface area contributed by atoms with Gasteiger partial charge in [0.15, 0.2) is 0 Å². The minimum absolute atomic E-state index is 0.0548. The van der Waals surface area contributed by atoms with Crippen LogP contribution in [0, 0.1) is 5.82 Å². The highest BCUT2D eigenvalue weighted by atomic mass is 19.1. The molecule has 3 rings (SSSR count). The van der Waals surface area contributed by atoms with Gasteiger partial charge in [-0.1, -0.05) is 30.3 Å². The molecule has 0 radical (unpaired) electrons. The van der Waals surface area contributed by atoms with Crippen molar-refractivity contribution in [3.8, 4) is 0 Å². The molecule has 5 heteroatoms. The number of para-hydroxylation sites is 1. The van der Waals surface area contributed by atoms with Crippen molar-refractivity contribution in [3.05, 3.63) is 82.0 Å². The van der Waals surface area contributed by atoms with Gasteiger partial charge in [0.05, 0.1) is 0 Å². The Morgan fingerprint density at radius 2 is 1.82 bits per heavy atom. The number of hydrogen-bond acceptors (Lipinski definition) is 3. The summed E-state index contributed by atoms with van der Waals surface area (Å²) in [5.74, 6) is -0.867. The SMILES string of the molecule is O=C(NCc1ccc(F)cc1)c1cc2ccccc2oc1=O. The van der Waals surface area contributed by atoms with Gasteiger partial charge >= 0.3 is 5.63 Å². The van der Waals surface area contributed by atoms with E-state index in [-0.39, 0.29) is 17.9 Å². The maximum absolute atomic E-state index is 12.8. The third kappa shape index (κ3) is 2.88. The summed E-state index contributed by atoms with van der Waals surface area (Å²) >= 11 is 0. The van der Waals surface area contributed by atoms with Crippen LogP contribution in [0.25, 0.3) is 11.0 Å². The molecule has 0 saturated carbocycles. The molecule has 2 aromatic carbocycles. The molecule has 110 valence electrons. The van der Waals surface area contributed by atoms with Gasteiger partial charge in [-0.05, 0) is 29.8 Å². The topological polar surface area (TPSA) is 59.3 Å². The standard InChI is InChI=1S/C17H12FNO3/c18-13-7-5-11(6-8-13)10-19-16(20)14-9-12-3-1-2-4-15(12)22-17(14)21/h1-9H,10H2,(H,19,20). The first-order valence-electron chi connectivity index (χ1n) is 6.69. The number of rotatable bonds is 3. The lowest BCUT2D eigenvalue weighted by atomic mass is 10.1. The van der Waals surface area contributed by atoms with E-state index in [0.717, 1.165) is 5.56 Å². The first-order valence-corrected chi connectivity index (χ1v) is 6.69. The maximum atomic E-state index is 12.8. The first kappa shape index (κ1) is 14.0. The van der Waals surface area contributed by atoms with Crippen LogP contribution in [-0.2, 0) is 6.54 Å². The maximum Gasteiger partial charge on any atom is 0.349 e. The van der Waals surface area contributed by atoms with Gasteiger partial charge in [-0.25, -0.2) is 9.18 Å². The van der Waals surface area contributed by atoms with E-state index in [1.165, 1.54) is 18.2 Å². The molecule has 1 amide bonds. The Kier molecular flexibility index (Phi) is 3.70. The van der Waals surface area contributed by atoms with Crippen molar-refractivity contribution in [3.63, 3.8) is 0 Å². The zero-order valence-electron chi connectivity index (χ0n) is 11.5. The Morgan fingerprint density at radius 3 is 2.59 bits per heavy atom. The second kappa shape index (κ2) is 5.81. The Morgan fingerprint density at radius 1 is 1.09 bits per heavy atom. The quantitative estimate of drug-likeness (QED) is 0.756. The number of halogens is 1. The number of carbonyl (C=O) groups excluding carboxylic acids is 1. The Hall–Kier alpha value is -2.95. The van der Waals surface area contributed by atoms with Crippen LogP contribution in [0.4, 0.5) is 4.39 Å². The highest BCUT2D eigenvalue weighted by Crippen LogP contribution is 2.12. The average Bonchev–Trinajstić information content (AvgIpc) is 2.53. The fourth-order valence-corrected chi connectivity index (χ4v) is 2.10. The van der Waals surface area contributed by atoms with Crippen molar-refractivity contribution in [2.45, 2.75) is 6.54 Å². The van der Waals surface area contributed by atoms with E-state index in [0.29, 0.717) is 11.0 Å². The molecule has 4 nitrogen and oxygen atoms in total. The molecule has 0 bridgehead atoms. The van der Waals surface area contributed by atoms with Crippen LogP contribution in [0.1, 0.15) is 15.9 Å². The highest BCUT2D eigenvalue weighted by molar-refractivity contribution is 5.96. The molecule has 1 heterocycles. The number of fused-ring (bicyclic) bond motifs is 1. The molecule has 1 aromatic heterocycles. The molecule has 22 heavy (non-hydrogen) atoms. The summed E-state index contributed by atoms with van der Waals surface area (Å²) < 4.78 is 17.9. The van der Waals surface area contributed by atoms with E-state index in [9.17, 15) is 14.0 Å². The summed E-state index contributed by atoms with van der Waals surface area (Å²) in [4.78, 5) is 24.0.